The lowest BCUT2D eigenvalue weighted by molar-refractivity contribution is -0.149. The molecule has 188 valence electrons. The lowest BCUT2D eigenvalue weighted by Gasteiger charge is -2.61. The van der Waals surface area contributed by atoms with E-state index in [1.54, 1.807) is 18.0 Å². The van der Waals surface area contributed by atoms with Gasteiger partial charge in [0.05, 0.1) is 0 Å². The normalized spacial score (nSPS) is 30.3. The predicted octanol–water partition coefficient (Wildman–Crippen LogP) is 5.26. The molecule has 2 fully saturated rings. The maximum absolute atomic E-state index is 13.8. The standard InChI is InChI=1S/C28H42N2O4/c1-26(2,3)34-25(33)29(7)19-13-11-18(12-14-19)24(32)30-16-15-28(6)21-9-8-10-22(31)20(21)17-23(30)27(28,4)5/h8-10,18-19,23,31H,11-17H2,1-7H3/t18?,19?,23-,28+/m1/s1. The highest BCUT2D eigenvalue weighted by molar-refractivity contribution is 5.80. The predicted molar refractivity (Wildman–Crippen MR) is 133 cm³/mol. The van der Waals surface area contributed by atoms with E-state index in [0.717, 1.165) is 44.2 Å². The molecule has 0 aromatic heterocycles. The van der Waals surface area contributed by atoms with Crippen LogP contribution in [0.4, 0.5) is 4.79 Å². The van der Waals surface area contributed by atoms with E-state index in [4.69, 9.17) is 4.74 Å². The second-order valence-corrected chi connectivity index (χ2v) is 12.5. The largest absolute Gasteiger partial charge is 0.508 e. The lowest BCUT2D eigenvalue weighted by atomic mass is 9.51. The number of piperidine rings is 1. The number of hydrogen-bond acceptors (Lipinski definition) is 4. The van der Waals surface area contributed by atoms with Gasteiger partial charge in [0.25, 0.3) is 0 Å². The zero-order chi connectivity index (χ0) is 25.1. The molecule has 0 radical (unpaired) electrons. The van der Waals surface area contributed by atoms with E-state index in [1.807, 2.05) is 26.8 Å². The van der Waals surface area contributed by atoms with Crippen molar-refractivity contribution in [2.75, 3.05) is 13.6 Å². The quantitative estimate of drug-likeness (QED) is 0.640. The molecule has 2 amide bonds. The van der Waals surface area contributed by atoms with Crippen LogP contribution in [-0.4, -0.2) is 58.2 Å². The van der Waals surface area contributed by atoms with Crippen molar-refractivity contribution in [1.29, 1.82) is 0 Å². The Labute approximate surface area is 204 Å². The third kappa shape index (κ3) is 4.07. The summed E-state index contributed by atoms with van der Waals surface area (Å²) in [5.41, 5.74) is 1.58. The van der Waals surface area contributed by atoms with Gasteiger partial charge in [-0.15, -0.1) is 0 Å². The highest BCUT2D eigenvalue weighted by Crippen LogP contribution is 2.57. The van der Waals surface area contributed by atoms with Crippen LogP contribution < -0.4 is 0 Å². The van der Waals surface area contributed by atoms with E-state index in [1.165, 1.54) is 5.56 Å². The van der Waals surface area contributed by atoms with E-state index >= 15 is 0 Å². The van der Waals surface area contributed by atoms with Crippen molar-refractivity contribution in [1.82, 2.24) is 9.80 Å². The van der Waals surface area contributed by atoms with Crippen LogP contribution in [-0.2, 0) is 21.4 Å². The maximum atomic E-state index is 13.8. The molecule has 1 saturated carbocycles. The SMILES string of the molecule is CN(C(=O)OC(C)(C)C)C1CCC(C(=O)N2CC[C@@]3(C)c4cccc(O)c4C[C@@H]2C3(C)C)CC1. The molecule has 6 heteroatoms. The first-order valence-corrected chi connectivity index (χ1v) is 12.8. The summed E-state index contributed by atoms with van der Waals surface area (Å²) < 4.78 is 5.53. The van der Waals surface area contributed by atoms with Crippen molar-refractivity contribution in [2.45, 2.75) is 103 Å². The van der Waals surface area contributed by atoms with Crippen LogP contribution in [0, 0.1) is 11.3 Å². The Bertz CT molecular complexity index is 958. The van der Waals surface area contributed by atoms with E-state index in [0.29, 0.717) is 12.2 Å². The summed E-state index contributed by atoms with van der Waals surface area (Å²) in [4.78, 5) is 30.1. The molecule has 1 aromatic carbocycles. The lowest BCUT2D eigenvalue weighted by Crippen LogP contribution is -2.65. The van der Waals surface area contributed by atoms with Gasteiger partial charge >= 0.3 is 6.09 Å². The second-order valence-electron chi connectivity index (χ2n) is 12.5. The van der Waals surface area contributed by atoms with Crippen molar-refractivity contribution in [2.24, 2.45) is 11.3 Å². The fourth-order valence-electron chi connectivity index (χ4n) is 6.62. The molecule has 6 nitrogen and oxygen atoms in total. The van der Waals surface area contributed by atoms with Gasteiger partial charge in [0.1, 0.15) is 11.4 Å². The first-order chi connectivity index (χ1) is 15.8. The third-order valence-corrected chi connectivity index (χ3v) is 9.19. The minimum absolute atomic E-state index is 0.00536. The third-order valence-electron chi connectivity index (χ3n) is 9.19. The summed E-state index contributed by atoms with van der Waals surface area (Å²) in [5, 5.41) is 10.6. The number of phenolic OH excluding ortho intramolecular Hbond substituents is 1. The van der Waals surface area contributed by atoms with Crippen LogP contribution in [0.5, 0.6) is 5.75 Å². The first kappa shape index (κ1) is 24.9. The number of nitrogens with zero attached hydrogens (tertiary/aromatic N) is 2. The Kier molecular flexibility index (Phi) is 6.19. The van der Waals surface area contributed by atoms with Crippen molar-refractivity contribution < 1.29 is 19.4 Å². The fraction of sp³-hybridized carbons (Fsp3) is 0.714. The van der Waals surface area contributed by atoms with Gasteiger partial charge in [0.15, 0.2) is 0 Å². The van der Waals surface area contributed by atoms with Gasteiger partial charge in [-0.2, -0.15) is 0 Å². The summed E-state index contributed by atoms with van der Waals surface area (Å²) in [5.74, 6) is 0.593. The average molecular weight is 471 g/mol. The molecular formula is C28H42N2O4. The Morgan fingerprint density at radius 3 is 2.38 bits per heavy atom. The van der Waals surface area contributed by atoms with Gasteiger partial charge in [-0.3, -0.25) is 4.79 Å². The van der Waals surface area contributed by atoms with Crippen LogP contribution in [0.15, 0.2) is 18.2 Å². The van der Waals surface area contributed by atoms with Gasteiger partial charge in [0, 0.05) is 37.0 Å². The molecule has 34 heavy (non-hydrogen) atoms. The molecular weight excluding hydrogens is 428 g/mol. The van der Waals surface area contributed by atoms with Crippen LogP contribution in [0.25, 0.3) is 0 Å². The summed E-state index contributed by atoms with van der Waals surface area (Å²) in [7, 11) is 1.81. The Morgan fingerprint density at radius 2 is 1.76 bits per heavy atom. The first-order valence-electron chi connectivity index (χ1n) is 12.8. The summed E-state index contributed by atoms with van der Waals surface area (Å²) in [6.07, 6.45) is 4.52. The van der Waals surface area contributed by atoms with Crippen LogP contribution >= 0.6 is 0 Å². The number of carbonyl (C=O) groups excluding carboxylic acids is 2. The molecule has 0 spiro atoms. The van der Waals surface area contributed by atoms with Gasteiger partial charge in [-0.1, -0.05) is 32.9 Å². The molecule has 3 aliphatic rings. The zero-order valence-corrected chi connectivity index (χ0v) is 22.0. The molecule has 1 aliphatic heterocycles. The van der Waals surface area contributed by atoms with Crippen molar-refractivity contribution in [3.05, 3.63) is 29.3 Å². The molecule has 4 rings (SSSR count). The summed E-state index contributed by atoms with van der Waals surface area (Å²) >= 11 is 0. The highest BCUT2D eigenvalue weighted by Gasteiger charge is 2.57. The smallest absolute Gasteiger partial charge is 0.410 e. The number of phenols is 1. The summed E-state index contributed by atoms with van der Waals surface area (Å²) in [6.45, 7) is 13.3. The van der Waals surface area contributed by atoms with Crippen LogP contribution in [0.2, 0.25) is 0 Å². The number of ether oxygens (including phenoxy) is 1. The topological polar surface area (TPSA) is 70.1 Å². The molecule has 2 bridgehead atoms. The van der Waals surface area contributed by atoms with Crippen LogP contribution in [0.3, 0.4) is 0 Å². The number of benzene rings is 1. The second kappa shape index (κ2) is 8.46. The molecule has 2 atom stereocenters. The summed E-state index contributed by atoms with van der Waals surface area (Å²) in [6, 6.07) is 6.05. The van der Waals surface area contributed by atoms with Crippen molar-refractivity contribution in [3.8, 4) is 5.75 Å². The van der Waals surface area contributed by atoms with E-state index in [9.17, 15) is 14.7 Å². The number of likely N-dealkylation sites (tertiary alicyclic amines) is 1. The highest BCUT2D eigenvalue weighted by atomic mass is 16.6. The van der Waals surface area contributed by atoms with Gasteiger partial charge in [-0.05, 0) is 81.9 Å². The molecule has 1 N–H and O–H groups in total. The number of fused-ring (bicyclic) bond motifs is 4. The Hall–Kier alpha value is -2.24. The fourth-order valence-corrected chi connectivity index (χ4v) is 6.62. The maximum Gasteiger partial charge on any atom is 0.410 e. The van der Waals surface area contributed by atoms with Crippen molar-refractivity contribution >= 4 is 12.0 Å². The zero-order valence-electron chi connectivity index (χ0n) is 22.0. The number of amides is 2. The molecule has 2 aliphatic carbocycles. The molecule has 0 unspecified atom stereocenters. The minimum Gasteiger partial charge on any atom is -0.508 e. The minimum atomic E-state index is -0.513. The molecule has 1 aromatic rings. The number of carbonyl (C=O) groups is 2. The monoisotopic (exact) mass is 470 g/mol. The van der Waals surface area contributed by atoms with Gasteiger partial charge < -0.3 is 19.6 Å². The van der Waals surface area contributed by atoms with E-state index in [2.05, 4.69) is 31.7 Å². The van der Waals surface area contributed by atoms with Gasteiger partial charge in [0.2, 0.25) is 5.91 Å². The van der Waals surface area contributed by atoms with Crippen LogP contribution in [0.1, 0.15) is 84.8 Å². The van der Waals surface area contributed by atoms with E-state index in [-0.39, 0.29) is 40.8 Å². The molecule has 1 heterocycles. The van der Waals surface area contributed by atoms with Crippen molar-refractivity contribution in [3.63, 3.8) is 0 Å². The number of aromatic hydroxyl groups is 1. The Morgan fingerprint density at radius 1 is 1.12 bits per heavy atom. The van der Waals surface area contributed by atoms with Gasteiger partial charge in [-0.25, -0.2) is 4.79 Å². The number of hydrogen-bond donors (Lipinski definition) is 1. The van der Waals surface area contributed by atoms with E-state index < -0.39 is 5.60 Å². The Balaban J connectivity index is 1.46. The average Bonchev–Trinajstić information content (AvgIpc) is 2.75. The molecule has 1 saturated heterocycles. The number of rotatable bonds is 2.